The highest BCUT2D eigenvalue weighted by Crippen LogP contribution is 2.21. The molecule has 2 heterocycles. The van der Waals surface area contributed by atoms with Crippen molar-refractivity contribution in [3.8, 4) is 0 Å². The predicted molar refractivity (Wildman–Crippen MR) is 105 cm³/mol. The summed E-state index contributed by atoms with van der Waals surface area (Å²) in [6.45, 7) is 5.81. The number of carbonyl (C=O) groups is 1. The second-order valence-electron chi connectivity index (χ2n) is 6.49. The van der Waals surface area contributed by atoms with Crippen LogP contribution in [0.1, 0.15) is 60.4 Å². The van der Waals surface area contributed by atoms with Gasteiger partial charge in [0.25, 0.3) is 5.91 Å². The summed E-state index contributed by atoms with van der Waals surface area (Å²) in [4.78, 5) is 21.1. The maximum absolute atomic E-state index is 12.4. The van der Waals surface area contributed by atoms with Crippen molar-refractivity contribution in [3.63, 3.8) is 0 Å². The van der Waals surface area contributed by atoms with E-state index >= 15 is 0 Å². The molecule has 1 aromatic carbocycles. The zero-order valence-corrected chi connectivity index (χ0v) is 16.4. The van der Waals surface area contributed by atoms with E-state index in [0.29, 0.717) is 17.3 Å². The Kier molecular flexibility index (Phi) is 6.24. The third-order valence-corrected chi connectivity index (χ3v) is 4.95. The number of carbonyl (C=O) groups excluding carboxylic acids is 1. The van der Waals surface area contributed by atoms with Crippen molar-refractivity contribution < 1.29 is 9.32 Å². The van der Waals surface area contributed by atoms with Gasteiger partial charge in [0.15, 0.2) is 5.82 Å². The van der Waals surface area contributed by atoms with Gasteiger partial charge in [0.2, 0.25) is 5.89 Å². The van der Waals surface area contributed by atoms with Gasteiger partial charge in [-0.05, 0) is 36.8 Å². The van der Waals surface area contributed by atoms with E-state index in [1.807, 2.05) is 63.2 Å². The Morgan fingerprint density at radius 1 is 1.15 bits per heavy atom. The first-order valence-corrected chi connectivity index (χ1v) is 9.78. The third kappa shape index (κ3) is 5.17. The van der Waals surface area contributed by atoms with Gasteiger partial charge in [0, 0.05) is 23.4 Å². The van der Waals surface area contributed by atoms with Crippen LogP contribution in [0.25, 0.3) is 0 Å². The molecule has 1 unspecified atom stereocenters. The van der Waals surface area contributed by atoms with E-state index in [2.05, 4.69) is 20.4 Å². The van der Waals surface area contributed by atoms with Gasteiger partial charge in [0.05, 0.1) is 5.03 Å². The molecule has 0 aliphatic heterocycles. The van der Waals surface area contributed by atoms with E-state index in [-0.39, 0.29) is 17.9 Å². The Labute approximate surface area is 162 Å². The maximum Gasteiger partial charge on any atom is 0.251 e. The van der Waals surface area contributed by atoms with E-state index < -0.39 is 0 Å². The molecule has 2 aromatic heterocycles. The van der Waals surface area contributed by atoms with Gasteiger partial charge in [-0.25, -0.2) is 4.98 Å². The molecule has 1 N–H and O–H groups in total. The molecular formula is C20H22N4O2S. The number of rotatable bonds is 7. The van der Waals surface area contributed by atoms with Crippen molar-refractivity contribution in [2.24, 2.45) is 0 Å². The molecule has 27 heavy (non-hydrogen) atoms. The van der Waals surface area contributed by atoms with Gasteiger partial charge in [0.1, 0.15) is 6.04 Å². The van der Waals surface area contributed by atoms with Crippen LogP contribution in [-0.2, 0) is 5.75 Å². The molecule has 3 aromatic rings. The first-order valence-electron chi connectivity index (χ1n) is 8.80. The van der Waals surface area contributed by atoms with Crippen LogP contribution >= 0.6 is 11.8 Å². The first kappa shape index (κ1) is 19.1. The summed E-state index contributed by atoms with van der Waals surface area (Å²) in [5.74, 6) is 1.86. The zero-order valence-electron chi connectivity index (χ0n) is 15.5. The summed E-state index contributed by atoms with van der Waals surface area (Å²) in [6, 6.07) is 13.1. The molecule has 6 nitrogen and oxygen atoms in total. The largest absolute Gasteiger partial charge is 0.341 e. The fourth-order valence-electron chi connectivity index (χ4n) is 2.34. The highest BCUT2D eigenvalue weighted by Gasteiger charge is 2.18. The molecule has 0 aliphatic rings. The number of amides is 1. The van der Waals surface area contributed by atoms with E-state index in [4.69, 9.17) is 4.52 Å². The van der Waals surface area contributed by atoms with Gasteiger partial charge in [-0.1, -0.05) is 37.2 Å². The van der Waals surface area contributed by atoms with Crippen molar-refractivity contribution in [3.05, 3.63) is 71.5 Å². The summed E-state index contributed by atoms with van der Waals surface area (Å²) in [5, 5.41) is 7.80. The molecule has 3 rings (SSSR count). The minimum absolute atomic E-state index is 0.171. The lowest BCUT2D eigenvalue weighted by Crippen LogP contribution is -2.26. The highest BCUT2D eigenvalue weighted by molar-refractivity contribution is 7.98. The Morgan fingerprint density at radius 3 is 2.56 bits per heavy atom. The van der Waals surface area contributed by atoms with E-state index in [9.17, 15) is 4.79 Å². The molecule has 7 heteroatoms. The maximum atomic E-state index is 12.4. The standard InChI is InChI=1S/C20H22N4O2S/c1-13(2)18-23-20(26-24-18)14(3)22-19(25)16-9-7-15(8-10-16)12-27-17-6-4-5-11-21-17/h4-11,13-14H,12H2,1-3H3,(H,22,25). The van der Waals surface area contributed by atoms with Crippen LogP contribution in [0.2, 0.25) is 0 Å². The normalized spacial score (nSPS) is 12.1. The Balaban J connectivity index is 1.56. The first-order chi connectivity index (χ1) is 13.0. The Bertz CT molecular complexity index is 879. The lowest BCUT2D eigenvalue weighted by molar-refractivity contribution is 0.0932. The molecule has 0 fully saturated rings. The topological polar surface area (TPSA) is 80.9 Å². The van der Waals surface area contributed by atoms with E-state index in [0.717, 1.165) is 16.3 Å². The van der Waals surface area contributed by atoms with Crippen molar-refractivity contribution in [2.75, 3.05) is 0 Å². The third-order valence-electron chi connectivity index (χ3n) is 3.93. The number of hydrogen-bond donors (Lipinski definition) is 1. The van der Waals surface area contributed by atoms with Gasteiger partial charge in [-0.3, -0.25) is 4.79 Å². The number of hydrogen-bond acceptors (Lipinski definition) is 6. The Hall–Kier alpha value is -2.67. The second kappa shape index (κ2) is 8.81. The number of nitrogens with zero attached hydrogens (tertiary/aromatic N) is 3. The quantitative estimate of drug-likeness (QED) is 0.611. The van der Waals surface area contributed by atoms with Crippen LogP contribution in [0.4, 0.5) is 0 Å². The van der Waals surface area contributed by atoms with Crippen molar-refractivity contribution in [1.29, 1.82) is 0 Å². The average Bonchev–Trinajstić information content (AvgIpc) is 3.18. The van der Waals surface area contributed by atoms with Crippen molar-refractivity contribution in [1.82, 2.24) is 20.4 Å². The number of aromatic nitrogens is 3. The molecule has 0 spiro atoms. The summed E-state index contributed by atoms with van der Waals surface area (Å²) < 4.78 is 5.23. The smallest absolute Gasteiger partial charge is 0.251 e. The number of pyridine rings is 1. The van der Waals surface area contributed by atoms with Crippen LogP contribution in [0.5, 0.6) is 0 Å². The highest BCUT2D eigenvalue weighted by atomic mass is 32.2. The Morgan fingerprint density at radius 2 is 1.93 bits per heavy atom. The monoisotopic (exact) mass is 382 g/mol. The lowest BCUT2D eigenvalue weighted by atomic mass is 10.1. The minimum Gasteiger partial charge on any atom is -0.341 e. The summed E-state index contributed by atoms with van der Waals surface area (Å²) in [6.07, 6.45) is 1.78. The van der Waals surface area contributed by atoms with Crippen molar-refractivity contribution in [2.45, 2.75) is 43.5 Å². The van der Waals surface area contributed by atoms with Crippen molar-refractivity contribution >= 4 is 17.7 Å². The summed E-state index contributed by atoms with van der Waals surface area (Å²) in [5.41, 5.74) is 1.73. The number of thioether (sulfide) groups is 1. The molecular weight excluding hydrogens is 360 g/mol. The van der Waals surface area contributed by atoms with Gasteiger partial charge in [-0.2, -0.15) is 4.98 Å². The van der Waals surface area contributed by atoms with Crippen LogP contribution < -0.4 is 5.32 Å². The fraction of sp³-hybridized carbons (Fsp3) is 0.300. The van der Waals surface area contributed by atoms with E-state index in [1.165, 1.54) is 0 Å². The SMILES string of the molecule is CC(C)c1noc(C(C)NC(=O)c2ccc(CSc3ccccn3)cc2)n1. The minimum atomic E-state index is -0.350. The van der Waals surface area contributed by atoms with Gasteiger partial charge >= 0.3 is 0 Å². The average molecular weight is 382 g/mol. The molecule has 0 saturated heterocycles. The second-order valence-corrected chi connectivity index (χ2v) is 7.49. The van der Waals surface area contributed by atoms with Crippen LogP contribution in [-0.4, -0.2) is 21.0 Å². The zero-order chi connectivity index (χ0) is 19.2. The van der Waals surface area contributed by atoms with Crippen LogP contribution in [0, 0.1) is 0 Å². The molecule has 0 aliphatic carbocycles. The molecule has 1 amide bonds. The van der Waals surface area contributed by atoms with Crippen LogP contribution in [0.15, 0.2) is 58.2 Å². The predicted octanol–water partition coefficient (Wildman–Crippen LogP) is 4.37. The molecule has 0 radical (unpaired) electrons. The molecule has 0 bridgehead atoms. The number of benzene rings is 1. The lowest BCUT2D eigenvalue weighted by Gasteiger charge is -2.10. The number of nitrogens with one attached hydrogen (secondary N) is 1. The summed E-state index contributed by atoms with van der Waals surface area (Å²) >= 11 is 1.66. The molecule has 0 saturated carbocycles. The van der Waals surface area contributed by atoms with Gasteiger partial charge in [-0.15, -0.1) is 11.8 Å². The molecule has 140 valence electrons. The van der Waals surface area contributed by atoms with Gasteiger partial charge < -0.3 is 9.84 Å². The van der Waals surface area contributed by atoms with Crippen LogP contribution in [0.3, 0.4) is 0 Å². The fourth-order valence-corrected chi connectivity index (χ4v) is 3.16. The van der Waals surface area contributed by atoms with E-state index in [1.54, 1.807) is 18.0 Å². The molecule has 1 atom stereocenters. The summed E-state index contributed by atoms with van der Waals surface area (Å²) in [7, 11) is 0.